The number of hydrogen-bond acceptors (Lipinski definition) is 2. The molecule has 0 radical (unpaired) electrons. The first-order chi connectivity index (χ1) is 9.36. The maximum absolute atomic E-state index is 4.08. The third-order valence-electron chi connectivity index (χ3n) is 3.63. The van der Waals surface area contributed by atoms with Gasteiger partial charge in [0.25, 0.3) is 0 Å². The first kappa shape index (κ1) is 16.2. The predicted octanol–water partition coefficient (Wildman–Crippen LogP) is 4.35. The van der Waals surface area contributed by atoms with Gasteiger partial charge in [-0.25, -0.2) is 0 Å². The van der Waals surface area contributed by atoms with Gasteiger partial charge in [-0.05, 0) is 37.1 Å². The average Bonchev–Trinajstić information content (AvgIpc) is 2.44. The highest BCUT2D eigenvalue weighted by Gasteiger charge is 2.07. The van der Waals surface area contributed by atoms with Crippen LogP contribution in [0.2, 0.25) is 0 Å². The molecule has 1 heterocycles. The quantitative estimate of drug-likeness (QED) is 0.600. The summed E-state index contributed by atoms with van der Waals surface area (Å²) < 4.78 is 0. The van der Waals surface area contributed by atoms with Gasteiger partial charge in [0.2, 0.25) is 0 Å². The molecule has 1 aromatic rings. The van der Waals surface area contributed by atoms with Crippen LogP contribution < -0.4 is 5.32 Å². The summed E-state index contributed by atoms with van der Waals surface area (Å²) in [7, 11) is 0. The lowest BCUT2D eigenvalue weighted by Gasteiger charge is -2.17. The second kappa shape index (κ2) is 11.0. The third kappa shape index (κ3) is 7.99. The number of rotatable bonds is 11. The molecule has 0 aliphatic heterocycles. The minimum atomic E-state index is 0.624. The van der Waals surface area contributed by atoms with Crippen molar-refractivity contribution < 1.29 is 0 Å². The van der Waals surface area contributed by atoms with Crippen molar-refractivity contribution in [3.05, 3.63) is 30.1 Å². The molecule has 108 valence electrons. The van der Waals surface area contributed by atoms with Crippen molar-refractivity contribution in [1.29, 1.82) is 0 Å². The highest BCUT2D eigenvalue weighted by Crippen LogP contribution is 2.11. The van der Waals surface area contributed by atoms with Gasteiger partial charge in [-0.3, -0.25) is 4.98 Å². The minimum absolute atomic E-state index is 0.624. The molecule has 1 rings (SSSR count). The SMILES string of the molecule is CCCCCCCCC(Cc1ccncc1)NCC. The minimum Gasteiger partial charge on any atom is -0.314 e. The van der Waals surface area contributed by atoms with E-state index in [0.29, 0.717) is 6.04 Å². The summed E-state index contributed by atoms with van der Waals surface area (Å²) >= 11 is 0. The lowest BCUT2D eigenvalue weighted by Crippen LogP contribution is -2.30. The van der Waals surface area contributed by atoms with Crippen LogP contribution in [0.15, 0.2) is 24.5 Å². The van der Waals surface area contributed by atoms with Crippen LogP contribution in [0, 0.1) is 0 Å². The van der Waals surface area contributed by atoms with E-state index in [1.54, 1.807) is 0 Å². The van der Waals surface area contributed by atoms with Gasteiger partial charge in [-0.15, -0.1) is 0 Å². The molecule has 0 saturated heterocycles. The van der Waals surface area contributed by atoms with Gasteiger partial charge in [0.1, 0.15) is 0 Å². The van der Waals surface area contributed by atoms with Crippen molar-refractivity contribution in [3.63, 3.8) is 0 Å². The van der Waals surface area contributed by atoms with Crippen LogP contribution in [0.4, 0.5) is 0 Å². The summed E-state index contributed by atoms with van der Waals surface area (Å²) in [6.07, 6.45) is 14.5. The number of unbranched alkanes of at least 4 members (excludes halogenated alkanes) is 5. The molecule has 0 aliphatic rings. The van der Waals surface area contributed by atoms with E-state index in [9.17, 15) is 0 Å². The summed E-state index contributed by atoms with van der Waals surface area (Å²) in [4.78, 5) is 4.08. The highest BCUT2D eigenvalue weighted by molar-refractivity contribution is 5.11. The number of pyridine rings is 1. The van der Waals surface area contributed by atoms with Gasteiger partial charge in [-0.2, -0.15) is 0 Å². The summed E-state index contributed by atoms with van der Waals surface area (Å²) in [5, 5.41) is 3.61. The molecule has 0 saturated carbocycles. The van der Waals surface area contributed by atoms with Crippen LogP contribution in [0.5, 0.6) is 0 Å². The van der Waals surface area contributed by atoms with Gasteiger partial charge in [0, 0.05) is 18.4 Å². The maximum atomic E-state index is 4.08. The Morgan fingerprint density at radius 1 is 1.00 bits per heavy atom. The molecule has 0 bridgehead atoms. The average molecular weight is 262 g/mol. The molecule has 1 atom stereocenters. The molecule has 2 nitrogen and oxygen atoms in total. The van der Waals surface area contributed by atoms with Crippen molar-refractivity contribution >= 4 is 0 Å². The molecule has 1 unspecified atom stereocenters. The van der Waals surface area contributed by atoms with Crippen LogP contribution in [0.1, 0.15) is 64.4 Å². The Hall–Kier alpha value is -0.890. The standard InChI is InChI=1S/C17H30N2/c1-3-5-6-7-8-9-10-17(19-4-2)15-16-11-13-18-14-12-16/h11-14,17,19H,3-10,15H2,1-2H3. The molecular weight excluding hydrogens is 232 g/mol. The summed E-state index contributed by atoms with van der Waals surface area (Å²) in [6.45, 7) is 5.53. The number of likely N-dealkylation sites (N-methyl/N-ethyl adjacent to an activating group) is 1. The first-order valence-electron chi connectivity index (χ1n) is 7.99. The van der Waals surface area contributed by atoms with Crippen molar-refractivity contribution in [2.45, 2.75) is 71.3 Å². The van der Waals surface area contributed by atoms with Gasteiger partial charge >= 0.3 is 0 Å². The monoisotopic (exact) mass is 262 g/mol. The number of nitrogens with one attached hydrogen (secondary N) is 1. The van der Waals surface area contributed by atoms with E-state index < -0.39 is 0 Å². The molecular formula is C17H30N2. The first-order valence-corrected chi connectivity index (χ1v) is 7.99. The van der Waals surface area contributed by atoms with Gasteiger partial charge < -0.3 is 5.32 Å². The molecule has 0 aliphatic carbocycles. The zero-order valence-corrected chi connectivity index (χ0v) is 12.7. The lowest BCUT2D eigenvalue weighted by molar-refractivity contribution is 0.459. The summed E-state index contributed by atoms with van der Waals surface area (Å²) in [5.41, 5.74) is 1.40. The zero-order valence-electron chi connectivity index (χ0n) is 12.7. The Morgan fingerprint density at radius 3 is 2.37 bits per heavy atom. The summed E-state index contributed by atoms with van der Waals surface area (Å²) in [5.74, 6) is 0. The van der Waals surface area contributed by atoms with E-state index in [-0.39, 0.29) is 0 Å². The summed E-state index contributed by atoms with van der Waals surface area (Å²) in [6, 6.07) is 4.88. The van der Waals surface area contributed by atoms with E-state index in [4.69, 9.17) is 0 Å². The van der Waals surface area contributed by atoms with Crippen molar-refractivity contribution in [2.75, 3.05) is 6.54 Å². The van der Waals surface area contributed by atoms with Gasteiger partial charge in [0.15, 0.2) is 0 Å². The maximum Gasteiger partial charge on any atom is 0.0270 e. The molecule has 19 heavy (non-hydrogen) atoms. The van der Waals surface area contributed by atoms with E-state index in [0.717, 1.165) is 13.0 Å². The second-order valence-corrected chi connectivity index (χ2v) is 5.37. The van der Waals surface area contributed by atoms with E-state index in [1.165, 1.54) is 50.5 Å². The Bertz CT molecular complexity index is 297. The fourth-order valence-electron chi connectivity index (χ4n) is 2.54. The van der Waals surface area contributed by atoms with Crippen LogP contribution >= 0.6 is 0 Å². The molecule has 0 amide bonds. The molecule has 0 aromatic carbocycles. The van der Waals surface area contributed by atoms with E-state index >= 15 is 0 Å². The van der Waals surface area contributed by atoms with Crippen molar-refractivity contribution in [1.82, 2.24) is 10.3 Å². The number of hydrogen-bond donors (Lipinski definition) is 1. The second-order valence-electron chi connectivity index (χ2n) is 5.37. The van der Waals surface area contributed by atoms with Crippen LogP contribution in [-0.2, 0) is 6.42 Å². The predicted molar refractivity (Wildman–Crippen MR) is 83.4 cm³/mol. The largest absolute Gasteiger partial charge is 0.314 e. The topological polar surface area (TPSA) is 24.9 Å². The Balaban J connectivity index is 2.21. The Labute approximate surface area is 119 Å². The number of aromatic nitrogens is 1. The number of nitrogens with zero attached hydrogens (tertiary/aromatic N) is 1. The van der Waals surface area contributed by atoms with Crippen LogP contribution in [0.25, 0.3) is 0 Å². The van der Waals surface area contributed by atoms with Crippen molar-refractivity contribution in [2.24, 2.45) is 0 Å². The smallest absolute Gasteiger partial charge is 0.0270 e. The molecule has 2 heteroatoms. The van der Waals surface area contributed by atoms with Gasteiger partial charge in [-0.1, -0.05) is 52.4 Å². The fourth-order valence-corrected chi connectivity index (χ4v) is 2.54. The fraction of sp³-hybridized carbons (Fsp3) is 0.706. The Kier molecular flexibility index (Phi) is 9.34. The third-order valence-corrected chi connectivity index (χ3v) is 3.63. The highest BCUT2D eigenvalue weighted by atomic mass is 14.9. The molecule has 1 aromatic heterocycles. The van der Waals surface area contributed by atoms with Crippen LogP contribution in [-0.4, -0.2) is 17.6 Å². The molecule has 0 fully saturated rings. The van der Waals surface area contributed by atoms with Gasteiger partial charge in [0.05, 0.1) is 0 Å². The normalized spacial score (nSPS) is 12.5. The molecule has 0 spiro atoms. The van der Waals surface area contributed by atoms with Crippen molar-refractivity contribution in [3.8, 4) is 0 Å². The van der Waals surface area contributed by atoms with E-state index in [1.807, 2.05) is 12.4 Å². The van der Waals surface area contributed by atoms with E-state index in [2.05, 4.69) is 36.3 Å². The Morgan fingerprint density at radius 2 is 1.68 bits per heavy atom. The lowest BCUT2D eigenvalue weighted by atomic mass is 10.00. The zero-order chi connectivity index (χ0) is 13.8. The van der Waals surface area contributed by atoms with Crippen LogP contribution in [0.3, 0.4) is 0 Å². The molecule has 1 N–H and O–H groups in total.